The van der Waals surface area contributed by atoms with Gasteiger partial charge in [-0.2, -0.15) is 0 Å². The fraction of sp³-hybridized carbons (Fsp3) is 0.400. The average Bonchev–Trinajstić information content (AvgIpc) is 3.36. The summed E-state index contributed by atoms with van der Waals surface area (Å²) >= 11 is 5.95. The van der Waals surface area contributed by atoms with Gasteiger partial charge >= 0.3 is 0 Å². The number of hydrogen-bond acceptors (Lipinski definition) is 3. The lowest BCUT2D eigenvalue weighted by Gasteiger charge is -2.28. The van der Waals surface area contributed by atoms with Crippen LogP contribution in [0.5, 0.6) is 0 Å². The van der Waals surface area contributed by atoms with E-state index in [1.165, 1.54) is 12.1 Å². The monoisotopic (exact) mass is 392 g/mol. The van der Waals surface area contributed by atoms with Gasteiger partial charge < -0.3 is 14.2 Å². The van der Waals surface area contributed by atoms with Crippen molar-refractivity contribution in [3.63, 3.8) is 0 Å². The number of furan rings is 1. The van der Waals surface area contributed by atoms with E-state index in [2.05, 4.69) is 0 Å². The average molecular weight is 393 g/mol. The van der Waals surface area contributed by atoms with Crippen LogP contribution in [-0.2, 0) is 22.7 Å². The van der Waals surface area contributed by atoms with Crippen molar-refractivity contribution >= 4 is 23.4 Å². The standard InChI is InChI=1S/C20H22ClFN2O3/c1-14(21)20(26)24(17-8-9-17)13-19(25)23(12-18-3-2-10-27-18)11-15-4-6-16(22)7-5-15/h2-7,10,14,17H,8-9,11-13H2,1H3/t14-/m1/s1. The summed E-state index contributed by atoms with van der Waals surface area (Å²) in [5, 5.41) is -0.672. The van der Waals surface area contributed by atoms with Gasteiger partial charge in [0, 0.05) is 12.6 Å². The Hall–Kier alpha value is -2.34. The molecule has 0 radical (unpaired) electrons. The lowest BCUT2D eigenvalue weighted by Crippen LogP contribution is -2.45. The number of nitrogens with zero attached hydrogens (tertiary/aromatic N) is 2. The second kappa shape index (κ2) is 8.57. The number of carbonyl (C=O) groups excluding carboxylic acids is 2. The molecule has 0 saturated heterocycles. The van der Waals surface area contributed by atoms with Gasteiger partial charge in [0.05, 0.1) is 12.8 Å². The van der Waals surface area contributed by atoms with Crippen LogP contribution < -0.4 is 0 Å². The summed E-state index contributed by atoms with van der Waals surface area (Å²) in [5.41, 5.74) is 0.798. The Morgan fingerprint density at radius 3 is 2.48 bits per heavy atom. The van der Waals surface area contributed by atoms with Crippen LogP contribution in [0.1, 0.15) is 31.1 Å². The van der Waals surface area contributed by atoms with Crippen molar-refractivity contribution in [3.05, 3.63) is 59.8 Å². The minimum Gasteiger partial charge on any atom is -0.467 e. The van der Waals surface area contributed by atoms with E-state index in [0.29, 0.717) is 12.3 Å². The van der Waals surface area contributed by atoms with E-state index in [4.69, 9.17) is 16.0 Å². The first-order valence-electron chi connectivity index (χ1n) is 8.93. The molecule has 5 nitrogen and oxygen atoms in total. The van der Waals surface area contributed by atoms with Gasteiger partial charge in [-0.25, -0.2) is 4.39 Å². The molecule has 27 heavy (non-hydrogen) atoms. The molecular weight excluding hydrogens is 371 g/mol. The van der Waals surface area contributed by atoms with Gasteiger partial charge in [-0.3, -0.25) is 9.59 Å². The SMILES string of the molecule is C[C@@H](Cl)C(=O)N(CC(=O)N(Cc1ccc(F)cc1)Cc1ccco1)C1CC1. The molecule has 144 valence electrons. The molecule has 1 aliphatic carbocycles. The predicted octanol–water partition coefficient (Wildman–Crippen LogP) is 3.57. The molecule has 0 bridgehead atoms. The summed E-state index contributed by atoms with van der Waals surface area (Å²) in [6.07, 6.45) is 3.32. The zero-order valence-corrected chi connectivity index (χ0v) is 15.9. The number of hydrogen-bond donors (Lipinski definition) is 0. The Morgan fingerprint density at radius 2 is 1.93 bits per heavy atom. The van der Waals surface area contributed by atoms with E-state index in [1.807, 2.05) is 0 Å². The quantitative estimate of drug-likeness (QED) is 0.645. The Bertz CT molecular complexity index is 773. The summed E-state index contributed by atoms with van der Waals surface area (Å²) in [6.45, 7) is 2.15. The van der Waals surface area contributed by atoms with Crippen molar-refractivity contribution < 1.29 is 18.4 Å². The van der Waals surface area contributed by atoms with Gasteiger partial charge in [0.2, 0.25) is 11.8 Å². The van der Waals surface area contributed by atoms with E-state index >= 15 is 0 Å². The topological polar surface area (TPSA) is 53.8 Å². The lowest BCUT2D eigenvalue weighted by atomic mass is 10.2. The first-order valence-corrected chi connectivity index (χ1v) is 9.37. The van der Waals surface area contributed by atoms with Gasteiger partial charge in [0.25, 0.3) is 0 Å². The molecule has 1 saturated carbocycles. The number of halogens is 2. The zero-order valence-electron chi connectivity index (χ0n) is 15.1. The highest BCUT2D eigenvalue weighted by atomic mass is 35.5. The Kier molecular flexibility index (Phi) is 6.16. The Labute approximate surface area is 162 Å². The summed E-state index contributed by atoms with van der Waals surface area (Å²) in [7, 11) is 0. The van der Waals surface area contributed by atoms with E-state index in [1.54, 1.807) is 47.3 Å². The number of rotatable bonds is 8. The molecule has 1 fully saturated rings. The molecule has 1 aromatic heterocycles. The van der Waals surface area contributed by atoms with Crippen LogP contribution >= 0.6 is 11.6 Å². The molecule has 0 spiro atoms. The molecule has 0 aliphatic heterocycles. The second-order valence-corrected chi connectivity index (χ2v) is 7.42. The van der Waals surface area contributed by atoms with Gasteiger partial charge in [-0.05, 0) is 49.6 Å². The fourth-order valence-corrected chi connectivity index (χ4v) is 3.01. The largest absolute Gasteiger partial charge is 0.467 e. The van der Waals surface area contributed by atoms with Crippen molar-refractivity contribution in [2.24, 2.45) is 0 Å². The fourth-order valence-electron chi connectivity index (χ4n) is 2.88. The highest BCUT2D eigenvalue weighted by molar-refractivity contribution is 6.30. The molecule has 2 amide bonds. The van der Waals surface area contributed by atoms with Crippen molar-refractivity contribution in [1.29, 1.82) is 0 Å². The molecular formula is C20H22ClFN2O3. The lowest BCUT2D eigenvalue weighted by molar-refractivity contribution is -0.141. The van der Waals surface area contributed by atoms with Gasteiger partial charge in [0.1, 0.15) is 23.5 Å². The third-order valence-electron chi connectivity index (χ3n) is 4.48. The third-order valence-corrected chi connectivity index (χ3v) is 4.67. The van der Waals surface area contributed by atoms with Gasteiger partial charge in [0.15, 0.2) is 0 Å². The molecule has 0 N–H and O–H groups in total. The minimum absolute atomic E-state index is 0.0253. The molecule has 1 heterocycles. The Balaban J connectivity index is 1.74. The van der Waals surface area contributed by atoms with E-state index in [-0.39, 0.29) is 36.8 Å². The molecule has 1 aromatic carbocycles. The molecule has 0 unspecified atom stereocenters. The van der Waals surface area contributed by atoms with Gasteiger partial charge in [-0.1, -0.05) is 12.1 Å². The van der Waals surface area contributed by atoms with Crippen LogP contribution in [0, 0.1) is 5.82 Å². The third kappa shape index (κ3) is 5.32. The highest BCUT2D eigenvalue weighted by Gasteiger charge is 2.36. The zero-order chi connectivity index (χ0) is 19.4. The predicted molar refractivity (Wildman–Crippen MR) is 99.4 cm³/mol. The minimum atomic E-state index is -0.672. The van der Waals surface area contributed by atoms with Crippen LogP contribution in [0.4, 0.5) is 4.39 Å². The maximum atomic E-state index is 13.2. The maximum absolute atomic E-state index is 13.2. The second-order valence-electron chi connectivity index (χ2n) is 6.77. The molecule has 1 atom stereocenters. The number of alkyl halides is 1. The molecule has 2 aromatic rings. The van der Waals surface area contributed by atoms with Crippen LogP contribution in [0.2, 0.25) is 0 Å². The number of benzene rings is 1. The van der Waals surface area contributed by atoms with Gasteiger partial charge in [-0.15, -0.1) is 11.6 Å². The van der Waals surface area contributed by atoms with E-state index < -0.39 is 5.38 Å². The summed E-state index contributed by atoms with van der Waals surface area (Å²) < 4.78 is 18.5. The van der Waals surface area contributed by atoms with Crippen molar-refractivity contribution in [1.82, 2.24) is 9.80 Å². The molecule has 7 heteroatoms. The number of carbonyl (C=O) groups is 2. The maximum Gasteiger partial charge on any atom is 0.242 e. The van der Waals surface area contributed by atoms with Crippen molar-refractivity contribution in [3.8, 4) is 0 Å². The van der Waals surface area contributed by atoms with Crippen LogP contribution in [0.15, 0.2) is 47.1 Å². The smallest absolute Gasteiger partial charge is 0.242 e. The van der Waals surface area contributed by atoms with Crippen LogP contribution in [0.3, 0.4) is 0 Å². The van der Waals surface area contributed by atoms with E-state index in [9.17, 15) is 14.0 Å². The summed E-state index contributed by atoms with van der Waals surface area (Å²) in [6, 6.07) is 9.63. The Morgan fingerprint density at radius 1 is 1.22 bits per heavy atom. The molecule has 1 aliphatic rings. The highest BCUT2D eigenvalue weighted by Crippen LogP contribution is 2.28. The van der Waals surface area contributed by atoms with Crippen LogP contribution in [0.25, 0.3) is 0 Å². The van der Waals surface area contributed by atoms with Crippen LogP contribution in [-0.4, -0.2) is 39.6 Å². The first-order chi connectivity index (χ1) is 12.9. The first kappa shape index (κ1) is 19.4. The number of amides is 2. The van der Waals surface area contributed by atoms with Crippen molar-refractivity contribution in [2.45, 2.75) is 44.3 Å². The van der Waals surface area contributed by atoms with Crippen molar-refractivity contribution in [2.75, 3.05) is 6.54 Å². The molecule has 3 rings (SSSR count). The normalized spacial score (nSPS) is 14.6. The summed E-state index contributed by atoms with van der Waals surface area (Å²) in [5.74, 6) is -0.120. The summed E-state index contributed by atoms with van der Waals surface area (Å²) in [4.78, 5) is 28.5. The van der Waals surface area contributed by atoms with E-state index in [0.717, 1.165) is 18.4 Å².